The van der Waals surface area contributed by atoms with E-state index in [1.165, 1.54) is 0 Å². The maximum atomic E-state index is 12.9. The minimum atomic E-state index is -0.284. The van der Waals surface area contributed by atoms with Crippen LogP contribution in [0.5, 0.6) is 0 Å². The van der Waals surface area contributed by atoms with Crippen molar-refractivity contribution in [3.63, 3.8) is 0 Å². The fraction of sp³-hybridized carbons (Fsp3) is 0.550. The quantitative estimate of drug-likeness (QED) is 0.853. The molecular formula is C20H26N4O3. The van der Waals surface area contributed by atoms with E-state index in [1.54, 1.807) is 17.0 Å². The molecule has 3 aliphatic rings. The standard InChI is InChI=1S/C20H26N4O3/c1-22-16-12-14(19(26)23-10-7-13(8-11-23)18(21)25)5-6-15(16)20(27)24-9-3-2-4-17(22)24/h5-6,12-13,17H,2-4,7-11H2,1H3,(H2,21,25)/t17-/m1/s1. The lowest BCUT2D eigenvalue weighted by molar-refractivity contribution is -0.123. The second-order valence-corrected chi connectivity index (χ2v) is 7.79. The molecule has 27 heavy (non-hydrogen) atoms. The molecule has 0 saturated carbocycles. The van der Waals surface area contributed by atoms with Gasteiger partial charge in [0, 0.05) is 38.2 Å². The average Bonchev–Trinajstić information content (AvgIpc) is 2.71. The summed E-state index contributed by atoms with van der Waals surface area (Å²) in [6.45, 7) is 1.87. The van der Waals surface area contributed by atoms with Crippen LogP contribution in [0, 0.1) is 5.92 Å². The molecule has 1 aromatic carbocycles. The third-order valence-electron chi connectivity index (χ3n) is 6.22. The molecule has 3 heterocycles. The zero-order valence-corrected chi connectivity index (χ0v) is 15.7. The average molecular weight is 370 g/mol. The summed E-state index contributed by atoms with van der Waals surface area (Å²) in [5, 5.41) is 0. The van der Waals surface area contributed by atoms with Crippen molar-refractivity contribution in [2.24, 2.45) is 11.7 Å². The molecule has 4 rings (SSSR count). The Kier molecular flexibility index (Phi) is 4.53. The van der Waals surface area contributed by atoms with Gasteiger partial charge in [-0.2, -0.15) is 0 Å². The highest BCUT2D eigenvalue weighted by molar-refractivity contribution is 6.04. The lowest BCUT2D eigenvalue weighted by atomic mass is 9.95. The first-order valence-corrected chi connectivity index (χ1v) is 9.74. The third kappa shape index (κ3) is 3.05. The van der Waals surface area contributed by atoms with Crippen molar-refractivity contribution in [1.82, 2.24) is 9.80 Å². The van der Waals surface area contributed by atoms with Crippen LogP contribution < -0.4 is 10.6 Å². The van der Waals surface area contributed by atoms with E-state index in [1.807, 2.05) is 18.0 Å². The van der Waals surface area contributed by atoms with E-state index < -0.39 is 0 Å². The molecular weight excluding hydrogens is 344 g/mol. The summed E-state index contributed by atoms with van der Waals surface area (Å²) >= 11 is 0. The van der Waals surface area contributed by atoms with Gasteiger partial charge in [0.25, 0.3) is 11.8 Å². The van der Waals surface area contributed by atoms with Crippen LogP contribution in [0.15, 0.2) is 18.2 Å². The van der Waals surface area contributed by atoms with Crippen LogP contribution in [-0.4, -0.2) is 60.4 Å². The zero-order valence-electron chi connectivity index (χ0n) is 15.7. The van der Waals surface area contributed by atoms with E-state index in [-0.39, 0.29) is 29.8 Å². The van der Waals surface area contributed by atoms with E-state index in [9.17, 15) is 14.4 Å². The molecule has 7 heteroatoms. The van der Waals surface area contributed by atoms with Crippen LogP contribution in [0.1, 0.15) is 52.8 Å². The van der Waals surface area contributed by atoms with Crippen molar-refractivity contribution in [3.05, 3.63) is 29.3 Å². The van der Waals surface area contributed by atoms with Gasteiger partial charge in [-0.15, -0.1) is 0 Å². The number of primary amides is 1. The minimum absolute atomic E-state index is 0.0485. The van der Waals surface area contributed by atoms with Gasteiger partial charge in [-0.3, -0.25) is 14.4 Å². The molecule has 1 atom stereocenters. The van der Waals surface area contributed by atoms with Gasteiger partial charge in [-0.1, -0.05) is 0 Å². The molecule has 2 fully saturated rings. The largest absolute Gasteiger partial charge is 0.369 e. The molecule has 0 aromatic heterocycles. The van der Waals surface area contributed by atoms with Crippen molar-refractivity contribution in [2.75, 3.05) is 31.6 Å². The van der Waals surface area contributed by atoms with Crippen molar-refractivity contribution < 1.29 is 14.4 Å². The summed E-state index contributed by atoms with van der Waals surface area (Å²) in [5.41, 5.74) is 7.47. The second-order valence-electron chi connectivity index (χ2n) is 7.79. The number of anilines is 1. The number of piperidine rings is 2. The molecule has 7 nitrogen and oxygen atoms in total. The van der Waals surface area contributed by atoms with Crippen molar-refractivity contribution in [1.29, 1.82) is 0 Å². The van der Waals surface area contributed by atoms with Gasteiger partial charge >= 0.3 is 0 Å². The van der Waals surface area contributed by atoms with Gasteiger partial charge in [-0.25, -0.2) is 0 Å². The minimum Gasteiger partial charge on any atom is -0.369 e. The van der Waals surface area contributed by atoms with Crippen LogP contribution in [0.3, 0.4) is 0 Å². The van der Waals surface area contributed by atoms with Gasteiger partial charge < -0.3 is 20.4 Å². The Hall–Kier alpha value is -2.57. The molecule has 3 aliphatic heterocycles. The number of nitrogens with zero attached hydrogens (tertiary/aromatic N) is 3. The summed E-state index contributed by atoms with van der Waals surface area (Å²) in [6, 6.07) is 5.38. The molecule has 3 amide bonds. The molecule has 1 aromatic rings. The van der Waals surface area contributed by atoms with E-state index in [2.05, 4.69) is 4.90 Å². The maximum absolute atomic E-state index is 12.9. The molecule has 0 radical (unpaired) electrons. The highest BCUT2D eigenvalue weighted by Crippen LogP contribution is 2.35. The number of carbonyl (C=O) groups is 3. The molecule has 2 saturated heterocycles. The first-order valence-electron chi connectivity index (χ1n) is 9.74. The summed E-state index contributed by atoms with van der Waals surface area (Å²) < 4.78 is 0. The molecule has 0 aliphatic carbocycles. The predicted molar refractivity (Wildman–Crippen MR) is 101 cm³/mol. The van der Waals surface area contributed by atoms with E-state index in [4.69, 9.17) is 5.73 Å². The Bertz CT molecular complexity index is 785. The second kappa shape index (κ2) is 6.87. The van der Waals surface area contributed by atoms with Gasteiger partial charge in [0.15, 0.2) is 0 Å². The van der Waals surface area contributed by atoms with Gasteiger partial charge in [0.05, 0.1) is 11.3 Å². The number of hydrogen-bond donors (Lipinski definition) is 1. The lowest BCUT2D eigenvalue weighted by Gasteiger charge is -2.46. The van der Waals surface area contributed by atoms with Crippen molar-refractivity contribution in [2.45, 2.75) is 38.3 Å². The number of hydrogen-bond acceptors (Lipinski definition) is 4. The van der Waals surface area contributed by atoms with Crippen LogP contribution in [0.25, 0.3) is 0 Å². The van der Waals surface area contributed by atoms with Gasteiger partial charge in [0.1, 0.15) is 6.17 Å². The predicted octanol–water partition coefficient (Wildman–Crippen LogP) is 1.43. The van der Waals surface area contributed by atoms with Crippen LogP contribution in [0.2, 0.25) is 0 Å². The Labute approximate surface area is 159 Å². The number of rotatable bonds is 2. The Morgan fingerprint density at radius 2 is 1.81 bits per heavy atom. The molecule has 0 bridgehead atoms. The third-order valence-corrected chi connectivity index (χ3v) is 6.22. The molecule has 0 spiro atoms. The summed E-state index contributed by atoms with van der Waals surface area (Å²) in [5.74, 6) is -0.409. The Morgan fingerprint density at radius 1 is 1.07 bits per heavy atom. The smallest absolute Gasteiger partial charge is 0.257 e. The molecule has 144 valence electrons. The first kappa shape index (κ1) is 17.8. The number of nitrogens with two attached hydrogens (primary N) is 1. The first-order chi connectivity index (χ1) is 13.0. The van der Waals surface area contributed by atoms with Crippen LogP contribution in [-0.2, 0) is 4.79 Å². The SMILES string of the molecule is CN1c2cc(C(=O)N3CCC(C(N)=O)CC3)ccc2C(=O)N2CCCC[C@@H]21. The molecule has 0 unspecified atom stereocenters. The monoisotopic (exact) mass is 370 g/mol. The number of carbonyl (C=O) groups excluding carboxylic acids is 3. The highest BCUT2D eigenvalue weighted by atomic mass is 16.2. The topological polar surface area (TPSA) is 87.0 Å². The number of amides is 3. The van der Waals surface area contributed by atoms with Gasteiger partial charge in [0.2, 0.25) is 5.91 Å². The van der Waals surface area contributed by atoms with Crippen molar-refractivity contribution >= 4 is 23.4 Å². The highest BCUT2D eigenvalue weighted by Gasteiger charge is 2.37. The zero-order chi connectivity index (χ0) is 19.1. The van der Waals surface area contributed by atoms with Gasteiger partial charge in [-0.05, 0) is 50.3 Å². The summed E-state index contributed by atoms with van der Waals surface area (Å²) in [4.78, 5) is 42.9. The number of benzene rings is 1. The van der Waals surface area contributed by atoms with Crippen molar-refractivity contribution in [3.8, 4) is 0 Å². The Balaban J connectivity index is 1.56. The number of fused-ring (bicyclic) bond motifs is 2. The normalized spacial score (nSPS) is 23.1. The molecule has 2 N–H and O–H groups in total. The maximum Gasteiger partial charge on any atom is 0.257 e. The number of likely N-dealkylation sites (tertiary alicyclic amines) is 1. The summed E-state index contributed by atoms with van der Waals surface area (Å²) in [7, 11) is 2.00. The van der Waals surface area contributed by atoms with E-state index >= 15 is 0 Å². The van der Waals surface area contributed by atoms with Crippen LogP contribution in [0.4, 0.5) is 5.69 Å². The van der Waals surface area contributed by atoms with E-state index in [0.717, 1.165) is 31.5 Å². The fourth-order valence-corrected chi connectivity index (χ4v) is 4.56. The Morgan fingerprint density at radius 3 is 2.52 bits per heavy atom. The fourth-order valence-electron chi connectivity index (χ4n) is 4.56. The van der Waals surface area contributed by atoms with E-state index in [0.29, 0.717) is 37.1 Å². The van der Waals surface area contributed by atoms with Crippen LogP contribution >= 0.6 is 0 Å². The summed E-state index contributed by atoms with van der Waals surface area (Å²) in [6.07, 6.45) is 4.42. The lowest BCUT2D eigenvalue weighted by Crippen LogP contribution is -2.55.